The van der Waals surface area contributed by atoms with Crippen molar-refractivity contribution in [2.24, 2.45) is 7.05 Å². The van der Waals surface area contributed by atoms with Crippen molar-refractivity contribution in [1.29, 1.82) is 0 Å². The van der Waals surface area contributed by atoms with Crippen LogP contribution in [0.1, 0.15) is 34.2 Å². The number of benzene rings is 1. The van der Waals surface area contributed by atoms with E-state index in [9.17, 15) is 4.79 Å². The number of rotatable bonds is 5. The highest BCUT2D eigenvalue weighted by Crippen LogP contribution is 2.31. The molecule has 1 aromatic carbocycles. The first-order valence-electron chi connectivity index (χ1n) is 9.77. The molecule has 0 aliphatic carbocycles. The summed E-state index contributed by atoms with van der Waals surface area (Å²) in [6.45, 7) is 7.69. The minimum atomic E-state index is -0.0873. The standard InChI is InChI=1S/C22H27N5O/c1-15-9-10-16(2)27(15)22-19(14-24-25(22)4)21(28)23-11-12-26-17(3)13-18-7-5-6-8-20(18)26/h5-10,14,17H,11-13H2,1-4H3,(H,23,28). The summed E-state index contributed by atoms with van der Waals surface area (Å²) in [5.74, 6) is 0.716. The van der Waals surface area contributed by atoms with Gasteiger partial charge in [0.25, 0.3) is 5.91 Å². The summed E-state index contributed by atoms with van der Waals surface area (Å²) in [5, 5.41) is 7.41. The Bertz CT molecular complexity index is 996. The minimum absolute atomic E-state index is 0.0873. The normalized spacial score (nSPS) is 15.7. The molecule has 1 aliphatic heterocycles. The van der Waals surface area contributed by atoms with Gasteiger partial charge < -0.3 is 14.8 Å². The molecule has 0 bridgehead atoms. The second-order valence-electron chi connectivity index (χ2n) is 7.59. The number of aromatic nitrogens is 3. The van der Waals surface area contributed by atoms with Crippen LogP contribution in [0.2, 0.25) is 0 Å². The molecule has 6 heteroatoms. The van der Waals surface area contributed by atoms with E-state index in [4.69, 9.17) is 0 Å². The number of aryl methyl sites for hydroxylation is 3. The number of anilines is 1. The van der Waals surface area contributed by atoms with E-state index in [0.29, 0.717) is 18.2 Å². The molecule has 0 radical (unpaired) electrons. The lowest BCUT2D eigenvalue weighted by Gasteiger charge is -2.25. The lowest BCUT2D eigenvalue weighted by atomic mass is 10.1. The van der Waals surface area contributed by atoms with Gasteiger partial charge in [-0.15, -0.1) is 0 Å². The molecule has 3 heterocycles. The van der Waals surface area contributed by atoms with Crippen LogP contribution >= 0.6 is 0 Å². The third kappa shape index (κ3) is 3.09. The fraction of sp³-hybridized carbons (Fsp3) is 0.364. The highest BCUT2D eigenvalue weighted by molar-refractivity contribution is 5.97. The molecule has 0 saturated heterocycles. The van der Waals surface area contributed by atoms with Crippen molar-refractivity contribution in [1.82, 2.24) is 19.7 Å². The Balaban J connectivity index is 1.47. The van der Waals surface area contributed by atoms with E-state index in [1.54, 1.807) is 10.9 Å². The molecule has 0 saturated carbocycles. The number of para-hydroxylation sites is 1. The highest BCUT2D eigenvalue weighted by atomic mass is 16.1. The molecule has 0 fully saturated rings. The van der Waals surface area contributed by atoms with Crippen LogP contribution in [0.4, 0.5) is 5.69 Å². The molecule has 4 rings (SSSR count). The topological polar surface area (TPSA) is 55.1 Å². The molecule has 1 atom stereocenters. The van der Waals surface area contributed by atoms with E-state index in [0.717, 1.165) is 30.2 Å². The third-order valence-electron chi connectivity index (χ3n) is 5.62. The van der Waals surface area contributed by atoms with Gasteiger partial charge in [0, 0.05) is 43.3 Å². The van der Waals surface area contributed by atoms with Crippen LogP contribution in [0.3, 0.4) is 0 Å². The van der Waals surface area contributed by atoms with Crippen molar-refractivity contribution in [3.05, 3.63) is 65.1 Å². The lowest BCUT2D eigenvalue weighted by molar-refractivity contribution is 0.0954. The van der Waals surface area contributed by atoms with Gasteiger partial charge in [-0.2, -0.15) is 5.10 Å². The number of amides is 1. The second-order valence-corrected chi connectivity index (χ2v) is 7.59. The van der Waals surface area contributed by atoms with Gasteiger partial charge >= 0.3 is 0 Å². The summed E-state index contributed by atoms with van der Waals surface area (Å²) < 4.78 is 3.83. The van der Waals surface area contributed by atoms with Gasteiger partial charge in [0.2, 0.25) is 0 Å². The van der Waals surface area contributed by atoms with Crippen molar-refractivity contribution in [2.45, 2.75) is 33.2 Å². The number of carbonyl (C=O) groups is 1. The first-order chi connectivity index (χ1) is 13.5. The molecule has 1 aliphatic rings. The van der Waals surface area contributed by atoms with Gasteiger partial charge in [-0.25, -0.2) is 0 Å². The first-order valence-corrected chi connectivity index (χ1v) is 9.77. The molecule has 3 aromatic rings. The van der Waals surface area contributed by atoms with Crippen LogP contribution in [0.5, 0.6) is 0 Å². The molecule has 1 N–H and O–H groups in total. The number of carbonyl (C=O) groups excluding carboxylic acids is 1. The molecule has 1 unspecified atom stereocenters. The quantitative estimate of drug-likeness (QED) is 0.744. The molecule has 146 valence electrons. The zero-order valence-electron chi connectivity index (χ0n) is 16.9. The number of fused-ring (bicyclic) bond motifs is 1. The van der Waals surface area contributed by atoms with Crippen LogP contribution in [-0.4, -0.2) is 39.4 Å². The maximum absolute atomic E-state index is 12.9. The molecule has 1 amide bonds. The summed E-state index contributed by atoms with van der Waals surface area (Å²) in [7, 11) is 1.87. The molecular weight excluding hydrogens is 350 g/mol. The first kappa shape index (κ1) is 18.3. The summed E-state index contributed by atoms with van der Waals surface area (Å²) in [6.07, 6.45) is 2.71. The average molecular weight is 377 g/mol. The van der Waals surface area contributed by atoms with Gasteiger partial charge in [0.15, 0.2) is 0 Å². The molecule has 0 spiro atoms. The maximum Gasteiger partial charge on any atom is 0.256 e. The number of hydrogen-bond acceptors (Lipinski definition) is 3. The van der Waals surface area contributed by atoms with Crippen LogP contribution in [0, 0.1) is 13.8 Å². The Kier molecular flexibility index (Phi) is 4.71. The SMILES string of the molecule is Cc1ccc(C)n1-c1c(C(=O)NCCN2c3ccccc3CC2C)cnn1C. The number of nitrogens with one attached hydrogen (secondary N) is 1. The Morgan fingerprint density at radius 2 is 1.89 bits per heavy atom. The van der Waals surface area contributed by atoms with E-state index < -0.39 is 0 Å². The largest absolute Gasteiger partial charge is 0.367 e. The molecule has 28 heavy (non-hydrogen) atoms. The molecule has 6 nitrogen and oxygen atoms in total. The van der Waals surface area contributed by atoms with Gasteiger partial charge in [0.1, 0.15) is 11.4 Å². The summed E-state index contributed by atoms with van der Waals surface area (Å²) in [6, 6.07) is 13.1. The summed E-state index contributed by atoms with van der Waals surface area (Å²) in [4.78, 5) is 15.3. The van der Waals surface area contributed by atoms with Crippen LogP contribution in [0.25, 0.3) is 5.82 Å². The second kappa shape index (κ2) is 7.19. The lowest BCUT2D eigenvalue weighted by Crippen LogP contribution is -2.38. The van der Waals surface area contributed by atoms with E-state index >= 15 is 0 Å². The van der Waals surface area contributed by atoms with E-state index in [1.165, 1.54) is 11.3 Å². The maximum atomic E-state index is 12.9. The Labute approximate surface area is 165 Å². The highest BCUT2D eigenvalue weighted by Gasteiger charge is 2.25. The monoisotopic (exact) mass is 377 g/mol. The average Bonchev–Trinajstić information content (AvgIpc) is 3.31. The summed E-state index contributed by atoms with van der Waals surface area (Å²) >= 11 is 0. The number of hydrogen-bond donors (Lipinski definition) is 1. The van der Waals surface area contributed by atoms with Crippen molar-refractivity contribution >= 4 is 11.6 Å². The zero-order chi connectivity index (χ0) is 19.8. The Hall–Kier alpha value is -3.02. The van der Waals surface area contributed by atoms with Crippen molar-refractivity contribution < 1.29 is 4.79 Å². The van der Waals surface area contributed by atoms with Gasteiger partial charge in [0.05, 0.1) is 6.20 Å². The fourth-order valence-electron chi connectivity index (χ4n) is 4.21. The fourth-order valence-corrected chi connectivity index (χ4v) is 4.21. The predicted molar refractivity (Wildman–Crippen MR) is 111 cm³/mol. The van der Waals surface area contributed by atoms with E-state index in [1.807, 2.05) is 20.9 Å². The third-order valence-corrected chi connectivity index (χ3v) is 5.62. The minimum Gasteiger partial charge on any atom is -0.367 e. The van der Waals surface area contributed by atoms with Crippen LogP contribution < -0.4 is 10.2 Å². The van der Waals surface area contributed by atoms with Crippen LogP contribution in [0.15, 0.2) is 42.6 Å². The van der Waals surface area contributed by atoms with Crippen LogP contribution in [-0.2, 0) is 13.5 Å². The Morgan fingerprint density at radius 1 is 1.18 bits per heavy atom. The van der Waals surface area contributed by atoms with Gasteiger partial charge in [-0.05, 0) is 51.0 Å². The summed E-state index contributed by atoms with van der Waals surface area (Å²) in [5.41, 5.74) is 5.43. The zero-order valence-corrected chi connectivity index (χ0v) is 16.9. The van der Waals surface area contributed by atoms with E-state index in [2.05, 4.69) is 63.2 Å². The number of nitrogens with zero attached hydrogens (tertiary/aromatic N) is 4. The smallest absolute Gasteiger partial charge is 0.256 e. The van der Waals surface area contributed by atoms with E-state index in [-0.39, 0.29) is 5.91 Å². The molecular formula is C22H27N5O. The van der Waals surface area contributed by atoms with Gasteiger partial charge in [-0.1, -0.05) is 18.2 Å². The predicted octanol–water partition coefficient (Wildman–Crippen LogP) is 3.01. The van der Waals surface area contributed by atoms with Crippen molar-refractivity contribution in [2.75, 3.05) is 18.0 Å². The van der Waals surface area contributed by atoms with Gasteiger partial charge in [-0.3, -0.25) is 9.48 Å². The Morgan fingerprint density at radius 3 is 2.64 bits per heavy atom. The molecule has 2 aromatic heterocycles. The van der Waals surface area contributed by atoms with Crippen molar-refractivity contribution in [3.63, 3.8) is 0 Å². The van der Waals surface area contributed by atoms with Crippen molar-refractivity contribution in [3.8, 4) is 5.82 Å².